The molecule has 6 nitrogen and oxygen atoms in total. The molecule has 6 aliphatic carbocycles. The SMILES string of the molecule is Cc1cncc(C2=CC[C@H]3[C@@H]4CC[C@H]5CC(=O)NCC[C@]5(C)[C@H]4CC[C@]23C)c1.Cc1cncc(C2=CC[C@H]3[C@@H]4CC[C@H]5CNC(=O)CC[C@]5(C)[C@H]4CC[C@]23C)c1. The zero-order valence-electron chi connectivity index (χ0n) is 35.3. The predicted octanol–water partition coefficient (Wildman–Crippen LogP) is 10.3. The molecule has 6 fully saturated rings. The molecule has 2 aromatic rings. The van der Waals surface area contributed by atoms with Crippen molar-refractivity contribution >= 4 is 23.0 Å². The number of allylic oxidation sites excluding steroid dienone is 4. The monoisotopic (exact) mass is 757 g/mol. The molecular weight excluding hydrogens is 689 g/mol. The van der Waals surface area contributed by atoms with E-state index in [-0.39, 0.29) is 11.8 Å². The molecule has 6 heteroatoms. The molecule has 2 aliphatic heterocycles. The van der Waals surface area contributed by atoms with Crippen molar-refractivity contribution in [2.24, 2.45) is 69.0 Å². The molecule has 2 N–H and O–H groups in total. The van der Waals surface area contributed by atoms with Crippen LogP contribution in [0.25, 0.3) is 11.1 Å². The van der Waals surface area contributed by atoms with Gasteiger partial charge in [0.15, 0.2) is 0 Å². The maximum atomic E-state index is 12.2. The van der Waals surface area contributed by atoms with Crippen LogP contribution in [0.5, 0.6) is 0 Å². The summed E-state index contributed by atoms with van der Waals surface area (Å²) >= 11 is 0. The molecule has 56 heavy (non-hydrogen) atoms. The van der Waals surface area contributed by atoms with E-state index in [1.807, 2.05) is 12.4 Å². The molecule has 0 radical (unpaired) electrons. The van der Waals surface area contributed by atoms with Crippen LogP contribution in [-0.2, 0) is 9.59 Å². The lowest BCUT2D eigenvalue weighted by molar-refractivity contribution is -0.124. The van der Waals surface area contributed by atoms with E-state index in [9.17, 15) is 9.59 Å². The van der Waals surface area contributed by atoms with Crippen molar-refractivity contribution < 1.29 is 9.59 Å². The largest absolute Gasteiger partial charge is 0.356 e. The number of nitrogens with one attached hydrogen (secondary N) is 2. The zero-order valence-corrected chi connectivity index (χ0v) is 35.3. The molecule has 2 saturated heterocycles. The maximum Gasteiger partial charge on any atom is 0.220 e. The molecule has 4 heterocycles. The van der Waals surface area contributed by atoms with Crippen LogP contribution < -0.4 is 10.6 Å². The van der Waals surface area contributed by atoms with Gasteiger partial charge in [-0.1, -0.05) is 39.8 Å². The molecule has 0 spiro atoms. The summed E-state index contributed by atoms with van der Waals surface area (Å²) < 4.78 is 0. The van der Waals surface area contributed by atoms with Gasteiger partial charge in [-0.15, -0.1) is 0 Å². The van der Waals surface area contributed by atoms with Crippen molar-refractivity contribution in [1.29, 1.82) is 0 Å². The molecule has 2 aromatic heterocycles. The van der Waals surface area contributed by atoms with Gasteiger partial charge in [0.2, 0.25) is 11.8 Å². The number of amides is 2. The Labute approximate surface area is 337 Å². The average Bonchev–Trinajstić information content (AvgIpc) is 3.61. The Hall–Kier alpha value is -3.28. The van der Waals surface area contributed by atoms with Gasteiger partial charge in [-0.3, -0.25) is 19.6 Å². The molecule has 300 valence electrons. The highest BCUT2D eigenvalue weighted by Crippen LogP contribution is 2.68. The van der Waals surface area contributed by atoms with E-state index in [1.54, 1.807) is 11.1 Å². The van der Waals surface area contributed by atoms with Crippen molar-refractivity contribution in [3.05, 3.63) is 71.3 Å². The molecule has 0 aromatic carbocycles. The van der Waals surface area contributed by atoms with Crippen molar-refractivity contribution in [2.75, 3.05) is 13.1 Å². The third-order valence-electron chi connectivity index (χ3n) is 18.5. The number of carbonyl (C=O) groups is 2. The van der Waals surface area contributed by atoms with E-state index in [4.69, 9.17) is 0 Å². The Bertz CT molecular complexity index is 1840. The second-order valence-electron chi connectivity index (χ2n) is 21.0. The first-order chi connectivity index (χ1) is 26.8. The second-order valence-corrected chi connectivity index (χ2v) is 21.0. The predicted molar refractivity (Wildman–Crippen MR) is 225 cm³/mol. The Morgan fingerprint density at radius 3 is 1.68 bits per heavy atom. The van der Waals surface area contributed by atoms with E-state index >= 15 is 0 Å². The van der Waals surface area contributed by atoms with Gasteiger partial charge in [0.05, 0.1) is 0 Å². The minimum Gasteiger partial charge on any atom is -0.356 e. The summed E-state index contributed by atoms with van der Waals surface area (Å²) in [4.78, 5) is 33.2. The van der Waals surface area contributed by atoms with E-state index in [2.05, 4.69) is 98.8 Å². The van der Waals surface area contributed by atoms with Gasteiger partial charge in [0.25, 0.3) is 0 Å². The Morgan fingerprint density at radius 1 is 0.589 bits per heavy atom. The maximum absolute atomic E-state index is 12.2. The highest BCUT2D eigenvalue weighted by molar-refractivity contribution is 5.77. The molecule has 4 saturated carbocycles. The van der Waals surface area contributed by atoms with Crippen LogP contribution in [0, 0.1) is 82.9 Å². The number of nitrogens with zero attached hydrogens (tertiary/aromatic N) is 2. The number of rotatable bonds is 2. The fraction of sp³-hybridized carbons (Fsp3) is 0.680. The van der Waals surface area contributed by atoms with Crippen LogP contribution in [-0.4, -0.2) is 34.9 Å². The quantitative estimate of drug-likeness (QED) is 0.320. The summed E-state index contributed by atoms with van der Waals surface area (Å²) in [5.41, 5.74) is 9.53. The summed E-state index contributed by atoms with van der Waals surface area (Å²) in [6, 6.07) is 4.64. The lowest BCUT2D eigenvalue weighted by Crippen LogP contribution is -2.52. The summed E-state index contributed by atoms with van der Waals surface area (Å²) in [5, 5.41) is 6.35. The minimum atomic E-state index is 0.268. The number of hydrogen-bond donors (Lipinski definition) is 2. The second kappa shape index (κ2) is 14.2. The normalized spacial score (nSPS) is 42.5. The van der Waals surface area contributed by atoms with E-state index in [1.165, 1.54) is 86.5 Å². The lowest BCUT2D eigenvalue weighted by Gasteiger charge is -2.58. The van der Waals surface area contributed by atoms with Gasteiger partial charge in [-0.05, 0) is 205 Å². The van der Waals surface area contributed by atoms with Crippen LogP contribution in [0.1, 0.15) is 140 Å². The highest BCUT2D eigenvalue weighted by Gasteiger charge is 2.60. The van der Waals surface area contributed by atoms with Crippen LogP contribution in [0.3, 0.4) is 0 Å². The van der Waals surface area contributed by atoms with Crippen molar-refractivity contribution in [2.45, 2.75) is 131 Å². The number of hydrogen-bond acceptors (Lipinski definition) is 4. The van der Waals surface area contributed by atoms with Crippen LogP contribution >= 0.6 is 0 Å². The number of aryl methyl sites for hydroxylation is 2. The Kier molecular flexibility index (Phi) is 9.71. The fourth-order valence-electron chi connectivity index (χ4n) is 15.4. The number of carbonyl (C=O) groups excluding carboxylic acids is 2. The minimum absolute atomic E-state index is 0.268. The number of fused-ring (bicyclic) bond motifs is 10. The van der Waals surface area contributed by atoms with Crippen LogP contribution in [0.4, 0.5) is 0 Å². The third-order valence-corrected chi connectivity index (χ3v) is 18.5. The fourth-order valence-corrected chi connectivity index (χ4v) is 15.4. The van der Waals surface area contributed by atoms with Crippen LogP contribution in [0.15, 0.2) is 49.1 Å². The molecule has 0 unspecified atom stereocenters. The Morgan fingerprint density at radius 2 is 1.12 bits per heavy atom. The van der Waals surface area contributed by atoms with E-state index in [0.717, 1.165) is 74.3 Å². The number of pyridine rings is 2. The first-order valence-electron chi connectivity index (χ1n) is 22.6. The van der Waals surface area contributed by atoms with Crippen molar-refractivity contribution in [3.63, 3.8) is 0 Å². The summed E-state index contributed by atoms with van der Waals surface area (Å²) in [5.74, 6) is 6.47. The molecule has 0 bridgehead atoms. The van der Waals surface area contributed by atoms with Gasteiger partial charge < -0.3 is 10.6 Å². The summed E-state index contributed by atoms with van der Waals surface area (Å²) in [7, 11) is 0. The van der Waals surface area contributed by atoms with Crippen molar-refractivity contribution in [1.82, 2.24) is 20.6 Å². The van der Waals surface area contributed by atoms with Gasteiger partial charge in [0.1, 0.15) is 0 Å². The first-order valence-corrected chi connectivity index (χ1v) is 22.6. The Balaban J connectivity index is 0.000000146. The lowest BCUT2D eigenvalue weighted by atomic mass is 9.46. The molecule has 12 atom stereocenters. The van der Waals surface area contributed by atoms with E-state index in [0.29, 0.717) is 33.5 Å². The summed E-state index contributed by atoms with van der Waals surface area (Å²) in [6.45, 7) is 16.2. The molecular formula is C50H68N4O2. The van der Waals surface area contributed by atoms with Gasteiger partial charge >= 0.3 is 0 Å². The molecule has 2 amide bonds. The molecule has 10 rings (SSSR count). The highest BCUT2D eigenvalue weighted by atomic mass is 16.2. The smallest absolute Gasteiger partial charge is 0.220 e. The van der Waals surface area contributed by atoms with Gasteiger partial charge in [-0.2, -0.15) is 0 Å². The standard InChI is InChI=1S/2C25H34N2O/c1-16-12-17(14-26-13-16)20-6-7-21-19-5-4-18-15-27-23(28)9-11-24(18,2)22(19)8-10-25(20,21)3;1-16-12-17(15-26-14-16)20-6-7-21-19-5-4-18-13-23(28)27-11-10-24(18,2)22(19)8-9-25(20,21)3/h6,12-14,18-19,21-22H,4-5,7-11,15H2,1-3H3,(H,27,28);6,12,14-15,18-19,21-22H,4-5,7-11,13H2,1-3H3,(H,27,28)/t2*18-,19-,21-,22-,24-,25+/m00/s1. The number of aromatic nitrogens is 2. The first kappa shape index (κ1) is 38.2. The third kappa shape index (κ3) is 6.16. The zero-order chi connectivity index (χ0) is 39.0. The van der Waals surface area contributed by atoms with Gasteiger partial charge in [-0.25, -0.2) is 0 Å². The van der Waals surface area contributed by atoms with Crippen LogP contribution in [0.2, 0.25) is 0 Å². The average molecular weight is 757 g/mol. The molecule has 8 aliphatic rings. The van der Waals surface area contributed by atoms with E-state index < -0.39 is 0 Å². The summed E-state index contributed by atoms with van der Waals surface area (Å²) in [6.07, 6.45) is 29.6. The topological polar surface area (TPSA) is 84.0 Å². The van der Waals surface area contributed by atoms with Crippen molar-refractivity contribution in [3.8, 4) is 0 Å². The van der Waals surface area contributed by atoms with Gasteiger partial charge in [0, 0.05) is 50.7 Å².